The van der Waals surface area contributed by atoms with Crippen molar-refractivity contribution in [3.05, 3.63) is 29.8 Å². The number of rotatable bonds is 8. The van der Waals surface area contributed by atoms with E-state index in [-0.39, 0.29) is 23.3 Å². The Labute approximate surface area is 161 Å². The summed E-state index contributed by atoms with van der Waals surface area (Å²) in [4.78, 5) is 35.6. The number of benzene rings is 1. The molecule has 0 heterocycles. The number of carbonyl (C=O) groups is 3. The summed E-state index contributed by atoms with van der Waals surface area (Å²) in [5.41, 5.74) is 0.0509. The molecular formula is C19H24F2N2O5. The lowest BCUT2D eigenvalue weighted by atomic mass is 9.86. The van der Waals surface area contributed by atoms with Crippen molar-refractivity contribution < 1.29 is 32.6 Å². The fourth-order valence-corrected chi connectivity index (χ4v) is 3.04. The molecule has 1 aromatic carbocycles. The highest BCUT2D eigenvalue weighted by Gasteiger charge is 2.23. The Kier molecular flexibility index (Phi) is 8.16. The van der Waals surface area contributed by atoms with Crippen LogP contribution in [0, 0.1) is 5.92 Å². The highest BCUT2D eigenvalue weighted by molar-refractivity contribution is 5.96. The van der Waals surface area contributed by atoms with Crippen LogP contribution in [0.3, 0.4) is 0 Å². The van der Waals surface area contributed by atoms with Gasteiger partial charge in [-0.3, -0.25) is 14.4 Å². The van der Waals surface area contributed by atoms with E-state index in [0.717, 1.165) is 31.7 Å². The summed E-state index contributed by atoms with van der Waals surface area (Å²) in [6, 6.07) is 5.26. The minimum Gasteiger partial charge on any atom is -0.454 e. The van der Waals surface area contributed by atoms with Gasteiger partial charge in [0, 0.05) is 11.6 Å². The van der Waals surface area contributed by atoms with Gasteiger partial charge >= 0.3 is 12.6 Å². The van der Waals surface area contributed by atoms with E-state index in [1.54, 1.807) is 0 Å². The van der Waals surface area contributed by atoms with Crippen molar-refractivity contribution in [2.75, 3.05) is 13.2 Å². The Balaban J connectivity index is 1.71. The molecule has 9 heteroatoms. The van der Waals surface area contributed by atoms with E-state index in [1.165, 1.54) is 18.2 Å². The van der Waals surface area contributed by atoms with E-state index in [2.05, 4.69) is 22.3 Å². The molecule has 1 aliphatic carbocycles. The highest BCUT2D eigenvalue weighted by Crippen LogP contribution is 2.23. The number of alkyl halides is 2. The van der Waals surface area contributed by atoms with Gasteiger partial charge in [0.2, 0.25) is 0 Å². The molecule has 2 rings (SSSR count). The van der Waals surface area contributed by atoms with E-state index in [4.69, 9.17) is 4.74 Å². The Hall–Kier alpha value is -2.71. The number of nitrogens with one attached hydrogen (secondary N) is 2. The van der Waals surface area contributed by atoms with Crippen LogP contribution in [-0.2, 0) is 14.3 Å². The number of carbonyl (C=O) groups excluding carboxylic acids is 3. The first kappa shape index (κ1) is 21.6. The van der Waals surface area contributed by atoms with Crippen molar-refractivity contribution in [2.24, 2.45) is 5.92 Å². The molecule has 0 aromatic heterocycles. The van der Waals surface area contributed by atoms with E-state index in [0.29, 0.717) is 5.92 Å². The molecule has 28 heavy (non-hydrogen) atoms. The maximum absolute atomic E-state index is 12.2. The zero-order chi connectivity index (χ0) is 20.5. The second-order valence-electron chi connectivity index (χ2n) is 6.69. The van der Waals surface area contributed by atoms with Gasteiger partial charge in [-0.15, -0.1) is 0 Å². The Morgan fingerprint density at radius 2 is 1.96 bits per heavy atom. The number of hydrogen-bond donors (Lipinski definition) is 2. The first-order valence-corrected chi connectivity index (χ1v) is 9.13. The molecule has 1 saturated carbocycles. The Morgan fingerprint density at radius 1 is 1.21 bits per heavy atom. The summed E-state index contributed by atoms with van der Waals surface area (Å²) in [7, 11) is 0. The number of halogens is 2. The van der Waals surface area contributed by atoms with Crippen molar-refractivity contribution in [3.63, 3.8) is 0 Å². The minimum atomic E-state index is -3.00. The molecule has 0 aliphatic heterocycles. The van der Waals surface area contributed by atoms with Gasteiger partial charge in [0.15, 0.2) is 6.61 Å². The van der Waals surface area contributed by atoms with Crippen molar-refractivity contribution in [2.45, 2.75) is 45.3 Å². The van der Waals surface area contributed by atoms with Gasteiger partial charge in [0.05, 0.1) is 0 Å². The maximum atomic E-state index is 12.2. The number of amides is 2. The van der Waals surface area contributed by atoms with E-state index in [9.17, 15) is 23.2 Å². The standard InChI is InChI=1S/C19H24F2N2O5/c1-12-5-2-3-8-15(12)23-16(24)11-27-17(25)10-22-18(26)13-6-4-7-14(9-13)28-19(20)21/h4,6-7,9,12,15,19H,2-3,5,8,10-11H2,1H3,(H,22,26)(H,23,24). The van der Waals surface area contributed by atoms with Crippen molar-refractivity contribution in [1.29, 1.82) is 0 Å². The summed E-state index contributed by atoms with van der Waals surface area (Å²) in [5, 5.41) is 5.16. The third-order valence-corrected chi connectivity index (χ3v) is 4.54. The molecule has 7 nitrogen and oxygen atoms in total. The first-order chi connectivity index (χ1) is 13.3. The van der Waals surface area contributed by atoms with Crippen LogP contribution >= 0.6 is 0 Å². The van der Waals surface area contributed by atoms with E-state index < -0.39 is 31.6 Å². The third-order valence-electron chi connectivity index (χ3n) is 4.54. The number of ether oxygens (including phenoxy) is 2. The number of esters is 1. The van der Waals surface area contributed by atoms with Crippen LogP contribution in [0.2, 0.25) is 0 Å². The topological polar surface area (TPSA) is 93.7 Å². The lowest BCUT2D eigenvalue weighted by Crippen LogP contribution is -2.43. The molecule has 1 fully saturated rings. The molecule has 0 radical (unpaired) electrons. The van der Waals surface area contributed by atoms with Crippen LogP contribution in [0.15, 0.2) is 24.3 Å². The van der Waals surface area contributed by atoms with Gasteiger partial charge < -0.3 is 20.1 Å². The monoisotopic (exact) mass is 398 g/mol. The van der Waals surface area contributed by atoms with Crippen LogP contribution in [-0.4, -0.2) is 43.6 Å². The third kappa shape index (κ3) is 7.13. The van der Waals surface area contributed by atoms with Gasteiger partial charge in [-0.1, -0.05) is 25.8 Å². The molecule has 0 bridgehead atoms. The minimum absolute atomic E-state index is 0.0509. The Bertz CT molecular complexity index is 699. The molecule has 0 spiro atoms. The SMILES string of the molecule is CC1CCCCC1NC(=O)COC(=O)CNC(=O)c1cccc(OC(F)F)c1. The molecule has 2 N–H and O–H groups in total. The largest absolute Gasteiger partial charge is 0.454 e. The summed E-state index contributed by atoms with van der Waals surface area (Å²) < 4.78 is 33.5. The molecule has 2 atom stereocenters. The molecule has 154 valence electrons. The van der Waals surface area contributed by atoms with Crippen LogP contribution in [0.4, 0.5) is 8.78 Å². The molecule has 1 aliphatic rings. The quantitative estimate of drug-likeness (QED) is 0.655. The van der Waals surface area contributed by atoms with Crippen molar-refractivity contribution in [1.82, 2.24) is 10.6 Å². The lowest BCUT2D eigenvalue weighted by Gasteiger charge is -2.29. The van der Waals surface area contributed by atoms with Crippen molar-refractivity contribution in [3.8, 4) is 5.75 Å². The van der Waals surface area contributed by atoms with E-state index >= 15 is 0 Å². The zero-order valence-corrected chi connectivity index (χ0v) is 15.6. The summed E-state index contributed by atoms with van der Waals surface area (Å²) in [6.45, 7) is -1.80. The smallest absolute Gasteiger partial charge is 0.387 e. The van der Waals surface area contributed by atoms with Crippen LogP contribution in [0.1, 0.15) is 43.0 Å². The molecule has 1 aromatic rings. The Morgan fingerprint density at radius 3 is 2.68 bits per heavy atom. The highest BCUT2D eigenvalue weighted by atomic mass is 19.3. The predicted molar refractivity (Wildman–Crippen MR) is 95.9 cm³/mol. The van der Waals surface area contributed by atoms with Crippen molar-refractivity contribution >= 4 is 17.8 Å². The predicted octanol–water partition coefficient (Wildman–Crippen LogP) is 2.26. The van der Waals surface area contributed by atoms with Gasteiger partial charge in [-0.2, -0.15) is 8.78 Å². The normalized spacial score (nSPS) is 19.0. The molecular weight excluding hydrogens is 374 g/mol. The lowest BCUT2D eigenvalue weighted by molar-refractivity contribution is -0.147. The maximum Gasteiger partial charge on any atom is 0.387 e. The van der Waals surface area contributed by atoms with Crippen LogP contribution < -0.4 is 15.4 Å². The fourth-order valence-electron chi connectivity index (χ4n) is 3.04. The summed E-state index contributed by atoms with van der Waals surface area (Å²) in [5.74, 6) is -1.59. The van der Waals surface area contributed by atoms with Crippen LogP contribution in [0.5, 0.6) is 5.75 Å². The number of hydrogen-bond acceptors (Lipinski definition) is 5. The molecule has 0 saturated heterocycles. The average Bonchev–Trinajstić information content (AvgIpc) is 2.66. The van der Waals surface area contributed by atoms with Gasteiger partial charge in [0.1, 0.15) is 12.3 Å². The average molecular weight is 398 g/mol. The van der Waals surface area contributed by atoms with Gasteiger partial charge in [-0.25, -0.2) is 0 Å². The molecule has 2 amide bonds. The second kappa shape index (κ2) is 10.6. The second-order valence-corrected chi connectivity index (χ2v) is 6.69. The summed E-state index contributed by atoms with van der Waals surface area (Å²) in [6.07, 6.45) is 4.18. The van der Waals surface area contributed by atoms with Gasteiger partial charge in [0.25, 0.3) is 11.8 Å². The fraction of sp³-hybridized carbons (Fsp3) is 0.526. The van der Waals surface area contributed by atoms with E-state index in [1.807, 2.05) is 0 Å². The van der Waals surface area contributed by atoms with Gasteiger partial charge in [-0.05, 0) is 37.0 Å². The summed E-state index contributed by atoms with van der Waals surface area (Å²) >= 11 is 0. The zero-order valence-electron chi connectivity index (χ0n) is 15.6. The molecule has 2 unspecified atom stereocenters. The first-order valence-electron chi connectivity index (χ1n) is 9.13. The van der Waals surface area contributed by atoms with Crippen LogP contribution in [0.25, 0.3) is 0 Å².